The number of carbonyl (C=O) groups excluding carboxylic acids is 1. The first-order chi connectivity index (χ1) is 8.04. The lowest BCUT2D eigenvalue weighted by molar-refractivity contribution is -0.124. The molecule has 0 spiro atoms. The van der Waals surface area contributed by atoms with Gasteiger partial charge in [0, 0.05) is 18.6 Å². The minimum atomic E-state index is 0.0755. The van der Waals surface area contributed by atoms with Crippen molar-refractivity contribution in [2.45, 2.75) is 52.1 Å². The predicted molar refractivity (Wildman–Crippen MR) is 68.7 cm³/mol. The molecule has 1 fully saturated rings. The van der Waals surface area contributed by atoms with Gasteiger partial charge in [-0.1, -0.05) is 20.3 Å². The Morgan fingerprint density at radius 1 is 1.41 bits per heavy atom. The second-order valence-corrected chi connectivity index (χ2v) is 5.38. The Hall–Kier alpha value is -0.610. The fraction of sp³-hybridized carbons (Fsp3) is 0.923. The van der Waals surface area contributed by atoms with Crippen molar-refractivity contribution < 1.29 is 9.90 Å². The second kappa shape index (κ2) is 6.97. The topological polar surface area (TPSA) is 52.6 Å². The van der Waals surface area contributed by atoms with E-state index in [0.29, 0.717) is 25.0 Å². The molecule has 0 aliphatic heterocycles. The number of carbonyl (C=O) groups is 1. The van der Waals surface area contributed by atoms with Crippen molar-refractivity contribution in [1.82, 2.24) is 10.2 Å². The number of nitrogens with zero attached hydrogens (tertiary/aromatic N) is 1. The van der Waals surface area contributed by atoms with E-state index in [2.05, 4.69) is 24.1 Å². The summed E-state index contributed by atoms with van der Waals surface area (Å²) in [5.41, 5.74) is 0. The summed E-state index contributed by atoms with van der Waals surface area (Å²) in [5.74, 6) is 0.528. The SMILES string of the molecule is CC(C)C(C)NC(=O)CN(CCO)C1CCC1. The molecule has 2 N–H and O–H groups in total. The van der Waals surface area contributed by atoms with Crippen LogP contribution >= 0.6 is 0 Å². The van der Waals surface area contributed by atoms with Crippen molar-refractivity contribution in [1.29, 1.82) is 0 Å². The zero-order valence-electron chi connectivity index (χ0n) is 11.3. The molecule has 1 atom stereocenters. The maximum absolute atomic E-state index is 11.9. The van der Waals surface area contributed by atoms with Crippen LogP contribution in [0.25, 0.3) is 0 Å². The monoisotopic (exact) mass is 242 g/mol. The molecule has 0 bridgehead atoms. The first kappa shape index (κ1) is 14.5. The van der Waals surface area contributed by atoms with Crippen LogP contribution < -0.4 is 5.32 Å². The third-order valence-corrected chi connectivity index (χ3v) is 3.71. The standard InChI is InChI=1S/C13H26N2O2/c1-10(2)11(3)14-13(17)9-15(7-8-16)12-5-4-6-12/h10-12,16H,4-9H2,1-3H3,(H,14,17). The molecule has 4 heteroatoms. The highest BCUT2D eigenvalue weighted by Gasteiger charge is 2.26. The third-order valence-electron chi connectivity index (χ3n) is 3.71. The summed E-state index contributed by atoms with van der Waals surface area (Å²) in [5, 5.41) is 12.0. The van der Waals surface area contributed by atoms with Crippen LogP contribution in [0.3, 0.4) is 0 Å². The Labute approximate surface area is 104 Å². The fourth-order valence-electron chi connectivity index (χ4n) is 1.92. The molecule has 0 heterocycles. The van der Waals surface area contributed by atoms with Crippen molar-refractivity contribution in [2.24, 2.45) is 5.92 Å². The first-order valence-corrected chi connectivity index (χ1v) is 6.69. The number of aliphatic hydroxyl groups is 1. The van der Waals surface area contributed by atoms with Crippen LogP contribution in [0.15, 0.2) is 0 Å². The summed E-state index contributed by atoms with van der Waals surface area (Å²) in [6.07, 6.45) is 3.57. The maximum atomic E-state index is 11.9. The molecular weight excluding hydrogens is 216 g/mol. The first-order valence-electron chi connectivity index (χ1n) is 6.69. The van der Waals surface area contributed by atoms with Gasteiger partial charge in [-0.25, -0.2) is 0 Å². The Morgan fingerprint density at radius 3 is 2.47 bits per heavy atom. The number of rotatable bonds is 7. The second-order valence-electron chi connectivity index (χ2n) is 5.38. The van der Waals surface area contributed by atoms with Crippen LogP contribution in [0, 0.1) is 5.92 Å². The molecule has 0 aromatic heterocycles. The lowest BCUT2D eigenvalue weighted by atomic mass is 9.91. The van der Waals surface area contributed by atoms with Gasteiger partial charge in [0.1, 0.15) is 0 Å². The van der Waals surface area contributed by atoms with Gasteiger partial charge < -0.3 is 10.4 Å². The van der Waals surface area contributed by atoms with Gasteiger partial charge in [-0.15, -0.1) is 0 Å². The van der Waals surface area contributed by atoms with E-state index in [9.17, 15) is 4.79 Å². The zero-order valence-corrected chi connectivity index (χ0v) is 11.3. The van der Waals surface area contributed by atoms with E-state index in [1.54, 1.807) is 0 Å². The molecule has 1 unspecified atom stereocenters. The molecule has 0 aromatic rings. The van der Waals surface area contributed by atoms with Gasteiger partial charge in [0.15, 0.2) is 0 Å². The summed E-state index contributed by atoms with van der Waals surface area (Å²) < 4.78 is 0. The van der Waals surface area contributed by atoms with Gasteiger partial charge >= 0.3 is 0 Å². The molecule has 0 aromatic carbocycles. The van der Waals surface area contributed by atoms with Crippen molar-refractivity contribution >= 4 is 5.91 Å². The van der Waals surface area contributed by atoms with E-state index in [-0.39, 0.29) is 18.6 Å². The zero-order chi connectivity index (χ0) is 12.8. The molecule has 1 rings (SSSR count). The highest BCUT2D eigenvalue weighted by atomic mass is 16.3. The Morgan fingerprint density at radius 2 is 2.06 bits per heavy atom. The predicted octanol–water partition coefficient (Wildman–Crippen LogP) is 0.994. The van der Waals surface area contributed by atoms with E-state index >= 15 is 0 Å². The van der Waals surface area contributed by atoms with Gasteiger partial charge in [-0.2, -0.15) is 0 Å². The maximum Gasteiger partial charge on any atom is 0.234 e. The van der Waals surface area contributed by atoms with Crippen LogP contribution in [0.1, 0.15) is 40.0 Å². The molecule has 1 aliphatic rings. The average Bonchev–Trinajstić information content (AvgIpc) is 2.14. The quantitative estimate of drug-likeness (QED) is 0.700. The molecule has 0 radical (unpaired) electrons. The number of aliphatic hydroxyl groups excluding tert-OH is 1. The van der Waals surface area contributed by atoms with Crippen LogP contribution in [-0.4, -0.2) is 47.7 Å². The summed E-state index contributed by atoms with van der Waals surface area (Å²) in [6.45, 7) is 7.38. The van der Waals surface area contributed by atoms with E-state index < -0.39 is 0 Å². The molecule has 4 nitrogen and oxygen atoms in total. The normalized spacial score (nSPS) is 18.2. The van der Waals surface area contributed by atoms with Crippen molar-refractivity contribution in [3.63, 3.8) is 0 Å². The van der Waals surface area contributed by atoms with Crippen LogP contribution in [-0.2, 0) is 4.79 Å². The minimum Gasteiger partial charge on any atom is -0.395 e. The largest absolute Gasteiger partial charge is 0.395 e. The average molecular weight is 242 g/mol. The summed E-state index contributed by atoms with van der Waals surface area (Å²) in [7, 11) is 0. The van der Waals surface area contributed by atoms with Gasteiger partial charge in [0.05, 0.1) is 13.2 Å². The highest BCUT2D eigenvalue weighted by Crippen LogP contribution is 2.24. The van der Waals surface area contributed by atoms with Crippen molar-refractivity contribution in [3.05, 3.63) is 0 Å². The Bertz CT molecular complexity index is 240. The Balaban J connectivity index is 2.35. The fourth-order valence-corrected chi connectivity index (χ4v) is 1.92. The molecule has 17 heavy (non-hydrogen) atoms. The van der Waals surface area contributed by atoms with E-state index in [1.165, 1.54) is 6.42 Å². The summed E-state index contributed by atoms with van der Waals surface area (Å²) in [4.78, 5) is 14.0. The van der Waals surface area contributed by atoms with Gasteiger partial charge in [-0.3, -0.25) is 9.69 Å². The van der Waals surface area contributed by atoms with E-state index in [0.717, 1.165) is 12.8 Å². The minimum absolute atomic E-state index is 0.0755. The number of nitrogens with one attached hydrogen (secondary N) is 1. The molecule has 1 saturated carbocycles. The van der Waals surface area contributed by atoms with Crippen molar-refractivity contribution in [2.75, 3.05) is 19.7 Å². The Kier molecular flexibility index (Phi) is 5.92. The van der Waals surface area contributed by atoms with Crippen LogP contribution in [0.2, 0.25) is 0 Å². The van der Waals surface area contributed by atoms with Gasteiger partial charge in [0.25, 0.3) is 0 Å². The number of hydrogen-bond acceptors (Lipinski definition) is 3. The van der Waals surface area contributed by atoms with E-state index in [1.807, 2.05) is 6.92 Å². The lowest BCUT2D eigenvalue weighted by Crippen LogP contribution is -2.49. The third kappa shape index (κ3) is 4.64. The lowest BCUT2D eigenvalue weighted by Gasteiger charge is -2.37. The van der Waals surface area contributed by atoms with Gasteiger partial charge in [-0.05, 0) is 25.7 Å². The molecule has 0 saturated heterocycles. The van der Waals surface area contributed by atoms with Crippen molar-refractivity contribution in [3.8, 4) is 0 Å². The molecular formula is C13H26N2O2. The number of hydrogen-bond donors (Lipinski definition) is 2. The number of amides is 1. The van der Waals surface area contributed by atoms with Crippen LogP contribution in [0.5, 0.6) is 0 Å². The van der Waals surface area contributed by atoms with Gasteiger partial charge in [0.2, 0.25) is 5.91 Å². The summed E-state index contributed by atoms with van der Waals surface area (Å²) in [6, 6.07) is 0.710. The summed E-state index contributed by atoms with van der Waals surface area (Å²) >= 11 is 0. The van der Waals surface area contributed by atoms with E-state index in [4.69, 9.17) is 5.11 Å². The molecule has 1 amide bonds. The molecule has 1 aliphatic carbocycles. The highest BCUT2D eigenvalue weighted by molar-refractivity contribution is 5.78. The smallest absolute Gasteiger partial charge is 0.234 e. The van der Waals surface area contributed by atoms with Crippen LogP contribution in [0.4, 0.5) is 0 Å². The molecule has 100 valence electrons.